The highest BCUT2D eigenvalue weighted by Gasteiger charge is 2.13. The Morgan fingerprint density at radius 3 is 2.76 bits per heavy atom. The summed E-state index contributed by atoms with van der Waals surface area (Å²) in [5, 5.41) is 0.0396. The maximum Gasteiger partial charge on any atom is 0.227 e. The van der Waals surface area contributed by atoms with E-state index < -0.39 is 5.82 Å². The summed E-state index contributed by atoms with van der Waals surface area (Å²) in [6.45, 7) is 3.79. The number of hydrogen-bond donors (Lipinski definition) is 2. The van der Waals surface area contributed by atoms with Gasteiger partial charge in [-0.15, -0.1) is 0 Å². The van der Waals surface area contributed by atoms with E-state index in [-0.39, 0.29) is 5.02 Å². The van der Waals surface area contributed by atoms with Crippen LogP contribution in [0.1, 0.15) is 24.7 Å². The standard InChI is InChI=1S/C14H16ClFN4O/c1-3-4-12-18-13(20-17)8(2)14(19-12)21-9-5-6-10(15)11(16)7-9/h5-7H,3-4,17H2,1-2H3,(H,18,19,20). The molecule has 0 saturated heterocycles. The number of aromatic nitrogens is 2. The van der Waals surface area contributed by atoms with E-state index in [2.05, 4.69) is 15.4 Å². The third-order valence-corrected chi connectivity index (χ3v) is 3.17. The Bertz CT molecular complexity index is 651. The van der Waals surface area contributed by atoms with E-state index in [1.54, 1.807) is 13.0 Å². The molecule has 2 aromatic rings. The molecule has 7 heteroatoms. The highest BCUT2D eigenvalue weighted by atomic mass is 35.5. The molecule has 5 nitrogen and oxygen atoms in total. The van der Waals surface area contributed by atoms with E-state index in [0.29, 0.717) is 35.3 Å². The van der Waals surface area contributed by atoms with Gasteiger partial charge in [-0.3, -0.25) is 0 Å². The number of ether oxygens (including phenoxy) is 1. The van der Waals surface area contributed by atoms with Gasteiger partial charge < -0.3 is 10.2 Å². The minimum atomic E-state index is -0.549. The van der Waals surface area contributed by atoms with Crippen molar-refractivity contribution < 1.29 is 9.13 Å². The molecule has 1 heterocycles. The molecule has 112 valence electrons. The summed E-state index contributed by atoms with van der Waals surface area (Å²) in [6, 6.07) is 4.21. The second-order valence-corrected chi connectivity index (χ2v) is 4.90. The minimum absolute atomic E-state index is 0.0396. The molecule has 0 aliphatic carbocycles. The summed E-state index contributed by atoms with van der Waals surface area (Å²) in [5.74, 6) is 6.64. The molecule has 2 rings (SSSR count). The van der Waals surface area contributed by atoms with Gasteiger partial charge in [-0.1, -0.05) is 18.5 Å². The van der Waals surface area contributed by atoms with Crippen molar-refractivity contribution in [2.24, 2.45) is 5.84 Å². The van der Waals surface area contributed by atoms with Crippen molar-refractivity contribution in [1.82, 2.24) is 9.97 Å². The number of benzene rings is 1. The zero-order valence-electron chi connectivity index (χ0n) is 11.8. The average molecular weight is 311 g/mol. The van der Waals surface area contributed by atoms with Crippen LogP contribution in [0.3, 0.4) is 0 Å². The first-order valence-electron chi connectivity index (χ1n) is 6.52. The molecule has 21 heavy (non-hydrogen) atoms. The van der Waals surface area contributed by atoms with Crippen LogP contribution >= 0.6 is 11.6 Å². The van der Waals surface area contributed by atoms with Crippen molar-refractivity contribution in [2.45, 2.75) is 26.7 Å². The van der Waals surface area contributed by atoms with Crippen LogP contribution < -0.4 is 16.0 Å². The Kier molecular flexibility index (Phi) is 4.93. The lowest BCUT2D eigenvalue weighted by molar-refractivity contribution is 0.450. The smallest absolute Gasteiger partial charge is 0.227 e. The first-order chi connectivity index (χ1) is 10.0. The van der Waals surface area contributed by atoms with E-state index in [1.807, 2.05) is 6.92 Å². The van der Waals surface area contributed by atoms with Crippen molar-refractivity contribution in [2.75, 3.05) is 5.43 Å². The maximum atomic E-state index is 13.5. The molecule has 0 saturated carbocycles. The lowest BCUT2D eigenvalue weighted by Gasteiger charge is -2.12. The van der Waals surface area contributed by atoms with Crippen LogP contribution in [0.5, 0.6) is 11.6 Å². The predicted octanol–water partition coefficient (Wildman–Crippen LogP) is 3.61. The summed E-state index contributed by atoms with van der Waals surface area (Å²) >= 11 is 5.65. The van der Waals surface area contributed by atoms with Crippen molar-refractivity contribution in [1.29, 1.82) is 0 Å². The van der Waals surface area contributed by atoms with E-state index >= 15 is 0 Å². The topological polar surface area (TPSA) is 73.1 Å². The van der Waals surface area contributed by atoms with Crippen LogP contribution in [0, 0.1) is 12.7 Å². The monoisotopic (exact) mass is 310 g/mol. The second-order valence-electron chi connectivity index (χ2n) is 4.49. The van der Waals surface area contributed by atoms with Gasteiger partial charge in [0.1, 0.15) is 23.2 Å². The van der Waals surface area contributed by atoms with Crippen LogP contribution in [0.15, 0.2) is 18.2 Å². The molecule has 0 amide bonds. The summed E-state index contributed by atoms with van der Waals surface area (Å²) in [4.78, 5) is 8.63. The zero-order valence-corrected chi connectivity index (χ0v) is 12.5. The third kappa shape index (κ3) is 3.59. The predicted molar refractivity (Wildman–Crippen MR) is 80.1 cm³/mol. The lowest BCUT2D eigenvalue weighted by Crippen LogP contribution is -2.13. The maximum absolute atomic E-state index is 13.5. The van der Waals surface area contributed by atoms with E-state index in [1.165, 1.54) is 12.1 Å². The number of aryl methyl sites for hydroxylation is 1. The first-order valence-corrected chi connectivity index (χ1v) is 6.90. The number of nitrogens with two attached hydrogens (primary N) is 1. The van der Waals surface area contributed by atoms with Crippen molar-refractivity contribution in [3.63, 3.8) is 0 Å². The van der Waals surface area contributed by atoms with Crippen LogP contribution in [0.25, 0.3) is 0 Å². The number of rotatable bonds is 5. The Balaban J connectivity index is 2.37. The molecule has 3 N–H and O–H groups in total. The Morgan fingerprint density at radius 2 is 2.14 bits per heavy atom. The number of nitrogens with one attached hydrogen (secondary N) is 1. The normalized spacial score (nSPS) is 10.5. The highest BCUT2D eigenvalue weighted by molar-refractivity contribution is 6.30. The average Bonchev–Trinajstić information content (AvgIpc) is 2.46. The SMILES string of the molecule is CCCc1nc(NN)c(C)c(Oc2ccc(Cl)c(F)c2)n1. The highest BCUT2D eigenvalue weighted by Crippen LogP contribution is 2.29. The number of nitrogens with zero attached hydrogens (tertiary/aromatic N) is 2. The minimum Gasteiger partial charge on any atom is -0.438 e. The summed E-state index contributed by atoms with van der Waals surface area (Å²) in [7, 11) is 0. The Morgan fingerprint density at radius 1 is 1.38 bits per heavy atom. The van der Waals surface area contributed by atoms with Crippen LogP contribution in [0.4, 0.5) is 10.2 Å². The number of hydrogen-bond acceptors (Lipinski definition) is 5. The summed E-state index contributed by atoms with van der Waals surface area (Å²) in [5.41, 5.74) is 3.16. The molecular weight excluding hydrogens is 295 g/mol. The van der Waals surface area contributed by atoms with Gasteiger partial charge in [-0.2, -0.15) is 4.98 Å². The molecule has 0 bridgehead atoms. The van der Waals surface area contributed by atoms with Crippen LogP contribution in [-0.4, -0.2) is 9.97 Å². The molecular formula is C14H16ClFN4O. The van der Waals surface area contributed by atoms with Gasteiger partial charge in [0.25, 0.3) is 0 Å². The van der Waals surface area contributed by atoms with Crippen LogP contribution in [0.2, 0.25) is 5.02 Å². The second kappa shape index (κ2) is 6.69. The van der Waals surface area contributed by atoms with Gasteiger partial charge in [-0.25, -0.2) is 15.2 Å². The van der Waals surface area contributed by atoms with Gasteiger partial charge >= 0.3 is 0 Å². The number of halogens is 2. The fourth-order valence-electron chi connectivity index (χ4n) is 1.77. The molecule has 1 aromatic heterocycles. The quantitative estimate of drug-likeness (QED) is 0.652. The van der Waals surface area contributed by atoms with Crippen molar-refractivity contribution in [3.8, 4) is 11.6 Å². The summed E-state index contributed by atoms with van der Waals surface area (Å²) < 4.78 is 19.1. The van der Waals surface area contributed by atoms with E-state index in [9.17, 15) is 4.39 Å². The largest absolute Gasteiger partial charge is 0.438 e. The van der Waals surface area contributed by atoms with Crippen LogP contribution in [-0.2, 0) is 6.42 Å². The van der Waals surface area contributed by atoms with Gasteiger partial charge in [0.15, 0.2) is 0 Å². The van der Waals surface area contributed by atoms with Gasteiger partial charge in [0.05, 0.1) is 10.6 Å². The van der Waals surface area contributed by atoms with E-state index in [0.717, 1.165) is 6.42 Å². The molecule has 0 aliphatic heterocycles. The molecule has 1 aromatic carbocycles. The zero-order chi connectivity index (χ0) is 15.4. The number of hydrazine groups is 1. The molecule has 0 fully saturated rings. The van der Waals surface area contributed by atoms with Gasteiger partial charge in [0, 0.05) is 12.5 Å². The van der Waals surface area contributed by atoms with Gasteiger partial charge in [-0.05, 0) is 25.5 Å². The third-order valence-electron chi connectivity index (χ3n) is 2.86. The fraction of sp³-hybridized carbons (Fsp3) is 0.286. The Labute approximate surface area is 127 Å². The first kappa shape index (κ1) is 15.5. The molecule has 0 aliphatic rings. The van der Waals surface area contributed by atoms with Crippen molar-refractivity contribution >= 4 is 17.4 Å². The lowest BCUT2D eigenvalue weighted by atomic mass is 10.2. The van der Waals surface area contributed by atoms with E-state index in [4.69, 9.17) is 22.2 Å². The van der Waals surface area contributed by atoms with Gasteiger partial charge in [0.2, 0.25) is 5.88 Å². The Hall–Kier alpha value is -1.92. The number of nitrogen functional groups attached to an aromatic ring is 1. The fourth-order valence-corrected chi connectivity index (χ4v) is 1.89. The number of anilines is 1. The molecule has 0 spiro atoms. The molecule has 0 unspecified atom stereocenters. The molecule has 0 radical (unpaired) electrons. The molecule has 0 atom stereocenters. The van der Waals surface area contributed by atoms with Crippen molar-refractivity contribution in [3.05, 3.63) is 40.4 Å². The summed E-state index contributed by atoms with van der Waals surface area (Å²) in [6.07, 6.45) is 1.59.